The molecule has 27 heavy (non-hydrogen) atoms. The molecule has 0 atom stereocenters. The van der Waals surface area contributed by atoms with Gasteiger partial charge in [0.05, 0.1) is 17.3 Å². The van der Waals surface area contributed by atoms with Gasteiger partial charge in [-0.05, 0) is 31.5 Å². The highest BCUT2D eigenvalue weighted by Crippen LogP contribution is 2.29. The van der Waals surface area contributed by atoms with Crippen LogP contribution in [0.4, 0.5) is 19.0 Å². The van der Waals surface area contributed by atoms with Gasteiger partial charge >= 0.3 is 6.18 Å². The third-order valence-corrected chi connectivity index (χ3v) is 4.47. The van der Waals surface area contributed by atoms with Crippen molar-refractivity contribution in [3.05, 3.63) is 52.2 Å². The number of pyridine rings is 1. The van der Waals surface area contributed by atoms with Crippen molar-refractivity contribution in [1.29, 1.82) is 0 Å². The molecule has 0 saturated heterocycles. The lowest BCUT2D eigenvalue weighted by atomic mass is 10.2. The number of aryl methyl sites for hydroxylation is 1. The van der Waals surface area contributed by atoms with Crippen LogP contribution < -0.4 is 5.32 Å². The van der Waals surface area contributed by atoms with Gasteiger partial charge in [-0.25, -0.2) is 4.98 Å². The Balaban J connectivity index is 1.69. The second-order valence-corrected chi connectivity index (χ2v) is 6.49. The van der Waals surface area contributed by atoms with E-state index in [0.29, 0.717) is 37.8 Å². The van der Waals surface area contributed by atoms with Crippen LogP contribution in [0.25, 0.3) is 11.3 Å². The molecule has 0 fully saturated rings. The first-order valence-corrected chi connectivity index (χ1v) is 8.28. The molecule has 0 saturated carbocycles. The zero-order chi connectivity index (χ0) is 19.3. The van der Waals surface area contributed by atoms with Crippen LogP contribution in [0, 0.1) is 13.8 Å². The average Bonchev–Trinajstić information content (AvgIpc) is 3.19. The van der Waals surface area contributed by atoms with Crippen molar-refractivity contribution in [2.24, 2.45) is 0 Å². The summed E-state index contributed by atoms with van der Waals surface area (Å²) in [5.74, 6) is -0.855. The standard InChI is InChI=1S/C16H13ClF3N7/c1-8-9(2)14-23-24-15(16(18,19)20)27(14)25-13(8)21-5-11-7-26-6-10(17)3-4-12(26)22-11/h3-4,6-7H,5H2,1-2H3,(H,21,25). The number of aromatic nitrogens is 6. The molecule has 140 valence electrons. The Bertz CT molecular complexity index is 1160. The van der Waals surface area contributed by atoms with Gasteiger partial charge in [0, 0.05) is 18.0 Å². The SMILES string of the molecule is Cc1c(NCc2cn3cc(Cl)ccc3n2)nn2c(C(F)(F)F)nnc2c1C. The number of alkyl halides is 3. The highest BCUT2D eigenvalue weighted by molar-refractivity contribution is 6.30. The number of nitrogens with zero attached hydrogens (tertiary/aromatic N) is 6. The predicted molar refractivity (Wildman–Crippen MR) is 92.8 cm³/mol. The maximum Gasteiger partial charge on any atom is 0.453 e. The molecule has 1 N–H and O–H groups in total. The maximum atomic E-state index is 13.1. The van der Waals surface area contributed by atoms with Gasteiger partial charge in [0.2, 0.25) is 0 Å². The monoisotopic (exact) mass is 395 g/mol. The number of rotatable bonds is 3. The van der Waals surface area contributed by atoms with E-state index in [9.17, 15) is 13.2 Å². The van der Waals surface area contributed by atoms with Crippen LogP contribution in [0.1, 0.15) is 22.6 Å². The smallest absolute Gasteiger partial charge is 0.363 e. The van der Waals surface area contributed by atoms with E-state index < -0.39 is 12.0 Å². The van der Waals surface area contributed by atoms with Crippen molar-refractivity contribution >= 4 is 28.7 Å². The molecule has 4 aromatic heterocycles. The Labute approximate surface area is 155 Å². The van der Waals surface area contributed by atoms with E-state index in [1.54, 1.807) is 42.8 Å². The lowest BCUT2D eigenvalue weighted by molar-refractivity contribution is -0.146. The summed E-state index contributed by atoms with van der Waals surface area (Å²) in [5, 5.41) is 14.5. The zero-order valence-electron chi connectivity index (χ0n) is 14.2. The summed E-state index contributed by atoms with van der Waals surface area (Å²) in [6.07, 6.45) is -1.14. The number of nitrogens with one attached hydrogen (secondary N) is 1. The first-order valence-electron chi connectivity index (χ1n) is 7.91. The number of hydrogen-bond acceptors (Lipinski definition) is 5. The molecule has 0 unspecified atom stereocenters. The number of halogens is 4. The zero-order valence-corrected chi connectivity index (χ0v) is 15.0. The predicted octanol–water partition coefficient (Wildman–Crippen LogP) is 3.67. The molecular weight excluding hydrogens is 383 g/mol. The number of anilines is 1. The van der Waals surface area contributed by atoms with Crippen LogP contribution in [0.2, 0.25) is 5.02 Å². The van der Waals surface area contributed by atoms with Gasteiger partial charge in [0.15, 0.2) is 11.5 Å². The van der Waals surface area contributed by atoms with Crippen molar-refractivity contribution in [3.63, 3.8) is 0 Å². The van der Waals surface area contributed by atoms with E-state index in [2.05, 4.69) is 25.6 Å². The van der Waals surface area contributed by atoms with E-state index in [1.807, 2.05) is 0 Å². The molecule has 0 aromatic carbocycles. The number of fused-ring (bicyclic) bond motifs is 2. The van der Waals surface area contributed by atoms with Crippen LogP contribution in [-0.2, 0) is 12.7 Å². The molecule has 0 bridgehead atoms. The van der Waals surface area contributed by atoms with E-state index >= 15 is 0 Å². The van der Waals surface area contributed by atoms with Crippen LogP contribution in [0.15, 0.2) is 24.5 Å². The minimum absolute atomic E-state index is 0.0766. The summed E-state index contributed by atoms with van der Waals surface area (Å²) in [6.45, 7) is 3.72. The molecule has 0 amide bonds. The molecule has 4 heterocycles. The Hall–Kier alpha value is -2.88. The van der Waals surface area contributed by atoms with Crippen molar-refractivity contribution in [1.82, 2.24) is 29.2 Å². The Morgan fingerprint density at radius 1 is 1.11 bits per heavy atom. The largest absolute Gasteiger partial charge is 0.453 e. The molecule has 0 radical (unpaired) electrons. The summed E-state index contributed by atoms with van der Waals surface area (Å²) in [7, 11) is 0. The van der Waals surface area contributed by atoms with Gasteiger partial charge in [0.25, 0.3) is 5.82 Å². The Kier molecular flexibility index (Phi) is 3.95. The van der Waals surface area contributed by atoms with E-state index in [-0.39, 0.29) is 12.2 Å². The van der Waals surface area contributed by atoms with Crippen LogP contribution in [0.3, 0.4) is 0 Å². The quantitative estimate of drug-likeness (QED) is 0.573. The molecule has 7 nitrogen and oxygen atoms in total. The van der Waals surface area contributed by atoms with Crippen molar-refractivity contribution in [2.75, 3.05) is 5.32 Å². The van der Waals surface area contributed by atoms with Gasteiger partial charge < -0.3 is 9.72 Å². The first kappa shape index (κ1) is 17.5. The molecule has 0 aliphatic carbocycles. The number of imidazole rings is 1. The average molecular weight is 396 g/mol. The highest BCUT2D eigenvalue weighted by atomic mass is 35.5. The normalized spacial score (nSPS) is 12.2. The lowest BCUT2D eigenvalue weighted by Crippen LogP contribution is -2.15. The first-order chi connectivity index (χ1) is 12.7. The van der Waals surface area contributed by atoms with Crippen molar-refractivity contribution in [2.45, 2.75) is 26.6 Å². The minimum atomic E-state index is -4.65. The van der Waals surface area contributed by atoms with Crippen LogP contribution >= 0.6 is 11.6 Å². The topological polar surface area (TPSA) is 72.4 Å². The van der Waals surface area contributed by atoms with E-state index in [4.69, 9.17) is 11.6 Å². The fraction of sp³-hybridized carbons (Fsp3) is 0.250. The molecule has 11 heteroatoms. The fourth-order valence-corrected chi connectivity index (χ4v) is 2.92. The molecule has 4 rings (SSSR count). The Morgan fingerprint density at radius 2 is 1.89 bits per heavy atom. The Morgan fingerprint density at radius 3 is 2.63 bits per heavy atom. The summed E-state index contributed by atoms with van der Waals surface area (Å²) >= 11 is 5.95. The molecule has 4 aromatic rings. The maximum absolute atomic E-state index is 13.1. The molecular formula is C16H13ClF3N7. The third-order valence-electron chi connectivity index (χ3n) is 4.25. The number of hydrogen-bond donors (Lipinski definition) is 1. The fourth-order valence-electron chi connectivity index (χ4n) is 2.75. The van der Waals surface area contributed by atoms with Gasteiger partial charge in [-0.15, -0.1) is 15.3 Å². The van der Waals surface area contributed by atoms with Gasteiger partial charge in [-0.3, -0.25) is 0 Å². The second-order valence-electron chi connectivity index (χ2n) is 6.05. The minimum Gasteiger partial charge on any atom is -0.363 e. The summed E-state index contributed by atoms with van der Waals surface area (Å²) in [4.78, 5) is 4.43. The van der Waals surface area contributed by atoms with Crippen LogP contribution in [0.5, 0.6) is 0 Å². The summed E-state index contributed by atoms with van der Waals surface area (Å²) in [6, 6.07) is 3.51. The highest BCUT2D eigenvalue weighted by Gasteiger charge is 2.38. The van der Waals surface area contributed by atoms with Gasteiger partial charge in [-0.2, -0.15) is 17.7 Å². The molecule has 0 aliphatic heterocycles. The van der Waals surface area contributed by atoms with Crippen LogP contribution in [-0.4, -0.2) is 29.2 Å². The summed E-state index contributed by atoms with van der Waals surface area (Å²) in [5.41, 5.74) is 2.74. The molecule has 0 spiro atoms. The van der Waals surface area contributed by atoms with E-state index in [0.717, 1.165) is 0 Å². The van der Waals surface area contributed by atoms with Crippen molar-refractivity contribution in [3.8, 4) is 0 Å². The third kappa shape index (κ3) is 3.05. The second kappa shape index (κ2) is 6.08. The summed E-state index contributed by atoms with van der Waals surface area (Å²) < 4.78 is 41.8. The van der Waals surface area contributed by atoms with Gasteiger partial charge in [-0.1, -0.05) is 11.6 Å². The molecule has 0 aliphatic rings. The lowest BCUT2D eigenvalue weighted by Gasteiger charge is -2.11. The van der Waals surface area contributed by atoms with E-state index in [1.165, 1.54) is 0 Å². The van der Waals surface area contributed by atoms with Crippen molar-refractivity contribution < 1.29 is 13.2 Å². The van der Waals surface area contributed by atoms with Gasteiger partial charge in [0.1, 0.15) is 5.65 Å².